The summed E-state index contributed by atoms with van der Waals surface area (Å²) in [5.74, 6) is -36.9. The first-order valence-electron chi connectivity index (χ1n) is 7.26. The predicted octanol–water partition coefficient (Wildman–Crippen LogP) is 6.88. The van der Waals surface area contributed by atoms with E-state index >= 15 is 0 Å². The number of hydrogen-bond acceptors (Lipinski definition) is 2. The van der Waals surface area contributed by atoms with Crippen LogP contribution < -0.4 is 0 Å². The Morgan fingerprint density at radius 1 is 0.618 bits per heavy atom. The summed E-state index contributed by atoms with van der Waals surface area (Å²) in [5.41, 5.74) is -7.50. The highest BCUT2D eigenvalue weighted by molar-refractivity contribution is 14.1. The van der Waals surface area contributed by atoms with Crippen molar-refractivity contribution in [1.29, 1.82) is 0 Å². The molecule has 0 aliphatic heterocycles. The molecule has 0 saturated carbocycles. The standard InChI is InChI=1S/C12H4F13I.CHF3O3S/c13-7(14,5-3-1-2-4-6(5)26)8(15,16)9(17,18)10(19,20)11(21,22)12(23,24)25;2-1(3,4)8(5,6)7/h1-4H;(H,5,6,7). The molecule has 0 heterocycles. The lowest BCUT2D eigenvalue weighted by Gasteiger charge is -2.40. The molecule has 1 N–H and O–H groups in total. The van der Waals surface area contributed by atoms with E-state index in [0.29, 0.717) is 12.1 Å². The van der Waals surface area contributed by atoms with Crippen molar-refractivity contribution >= 4 is 32.7 Å². The quantitative estimate of drug-likeness (QED) is 0.161. The van der Waals surface area contributed by atoms with Crippen LogP contribution in [0.3, 0.4) is 0 Å². The molecule has 200 valence electrons. The molecule has 0 unspecified atom stereocenters. The van der Waals surface area contributed by atoms with Crippen molar-refractivity contribution < 1.29 is 83.2 Å². The maximum atomic E-state index is 13.8. The van der Waals surface area contributed by atoms with Crippen LogP contribution in [0, 0.1) is 3.57 Å². The Labute approximate surface area is 191 Å². The van der Waals surface area contributed by atoms with Gasteiger partial charge in [-0.25, -0.2) is 0 Å². The van der Waals surface area contributed by atoms with E-state index in [-0.39, 0.29) is 6.07 Å². The molecule has 34 heavy (non-hydrogen) atoms. The molecule has 0 aromatic heterocycles. The second-order valence-corrected chi connectivity index (χ2v) is 8.35. The molecule has 0 amide bonds. The van der Waals surface area contributed by atoms with Gasteiger partial charge in [-0.1, -0.05) is 18.2 Å². The maximum absolute atomic E-state index is 13.8. The Balaban J connectivity index is 0.00000116. The van der Waals surface area contributed by atoms with E-state index in [0.717, 1.165) is 28.7 Å². The zero-order valence-corrected chi connectivity index (χ0v) is 17.9. The minimum atomic E-state index is -7.88. The van der Waals surface area contributed by atoms with Gasteiger partial charge < -0.3 is 0 Å². The van der Waals surface area contributed by atoms with Crippen LogP contribution in [0.1, 0.15) is 5.56 Å². The van der Waals surface area contributed by atoms with E-state index in [4.69, 9.17) is 13.0 Å². The van der Waals surface area contributed by atoms with Crippen molar-refractivity contribution in [3.8, 4) is 0 Å². The predicted molar refractivity (Wildman–Crippen MR) is 86.5 cm³/mol. The molecule has 0 saturated heterocycles. The Morgan fingerprint density at radius 3 is 1.24 bits per heavy atom. The van der Waals surface area contributed by atoms with Gasteiger partial charge in [0.15, 0.2) is 0 Å². The van der Waals surface area contributed by atoms with Gasteiger partial charge in [-0.2, -0.15) is 78.7 Å². The smallest absolute Gasteiger partial charge is 0.279 e. The molecule has 0 atom stereocenters. The Hall–Kier alpha value is -1.26. The normalized spacial score (nSPS) is 15.0. The van der Waals surface area contributed by atoms with Gasteiger partial charge in [-0.3, -0.25) is 4.55 Å². The molecule has 0 bridgehead atoms. The second kappa shape index (κ2) is 9.32. The number of halogens is 17. The highest BCUT2D eigenvalue weighted by atomic mass is 127. The zero-order chi connectivity index (χ0) is 28.0. The average molecular weight is 672 g/mol. The minimum Gasteiger partial charge on any atom is -0.279 e. The van der Waals surface area contributed by atoms with E-state index in [1.807, 2.05) is 0 Å². The van der Waals surface area contributed by atoms with E-state index in [1.54, 1.807) is 0 Å². The van der Waals surface area contributed by atoms with Crippen LogP contribution in [0.25, 0.3) is 0 Å². The third kappa shape index (κ3) is 5.59. The maximum Gasteiger partial charge on any atom is 0.522 e. The van der Waals surface area contributed by atoms with Gasteiger partial charge in [-0.05, 0) is 28.7 Å². The molecule has 1 aromatic rings. The summed E-state index contributed by atoms with van der Waals surface area (Å²) in [6.07, 6.45) is -7.41. The molecule has 0 spiro atoms. The summed E-state index contributed by atoms with van der Waals surface area (Å²) in [6.45, 7) is 0. The molecule has 0 aliphatic carbocycles. The van der Waals surface area contributed by atoms with Crippen LogP contribution >= 0.6 is 22.6 Å². The molecular formula is C13H5F16IO3S. The van der Waals surface area contributed by atoms with Crippen LogP contribution in [0.4, 0.5) is 70.2 Å². The van der Waals surface area contributed by atoms with E-state index in [1.165, 1.54) is 0 Å². The second-order valence-electron chi connectivity index (χ2n) is 5.77. The molecule has 0 radical (unpaired) electrons. The molecule has 1 aromatic carbocycles. The Morgan fingerprint density at radius 2 is 0.941 bits per heavy atom. The van der Waals surface area contributed by atoms with Gasteiger partial charge in [0, 0.05) is 9.13 Å². The van der Waals surface area contributed by atoms with Gasteiger partial charge in [-0.15, -0.1) is 0 Å². The summed E-state index contributed by atoms with van der Waals surface area (Å²) < 4.78 is 225. The highest BCUT2D eigenvalue weighted by Crippen LogP contribution is 2.62. The van der Waals surface area contributed by atoms with Gasteiger partial charge in [0.25, 0.3) is 0 Å². The SMILES string of the molecule is FC(F)(F)C(F)(F)C(F)(F)C(F)(F)C(F)(F)C(F)(F)c1ccccc1I.O=S(=O)(O)C(F)(F)F. The van der Waals surface area contributed by atoms with Gasteiger partial charge >= 0.3 is 51.4 Å². The van der Waals surface area contributed by atoms with Gasteiger partial charge in [0.2, 0.25) is 0 Å². The number of alkyl halides is 16. The third-order valence-electron chi connectivity index (χ3n) is 3.44. The van der Waals surface area contributed by atoms with Crippen LogP contribution in [-0.2, 0) is 16.0 Å². The largest absolute Gasteiger partial charge is 0.522 e. The molecule has 21 heteroatoms. The summed E-state index contributed by atoms with van der Waals surface area (Å²) >= 11 is 0.930. The van der Waals surface area contributed by atoms with Crippen molar-refractivity contribution in [3.63, 3.8) is 0 Å². The number of benzene rings is 1. The molecule has 1 rings (SSSR count). The topological polar surface area (TPSA) is 54.4 Å². The zero-order valence-electron chi connectivity index (χ0n) is 14.9. The summed E-state index contributed by atoms with van der Waals surface area (Å²) in [4.78, 5) is 0. The Kier molecular flexibility index (Phi) is 8.97. The fourth-order valence-corrected chi connectivity index (χ4v) is 2.38. The lowest BCUT2D eigenvalue weighted by molar-refractivity contribution is -0.441. The molecular weight excluding hydrogens is 667 g/mol. The van der Waals surface area contributed by atoms with Crippen molar-refractivity contribution in [2.45, 2.75) is 41.3 Å². The van der Waals surface area contributed by atoms with Crippen LogP contribution in [0.2, 0.25) is 0 Å². The van der Waals surface area contributed by atoms with E-state index < -0.39 is 60.5 Å². The number of rotatable bonds is 5. The van der Waals surface area contributed by atoms with Crippen LogP contribution in [-0.4, -0.2) is 48.3 Å². The summed E-state index contributed by atoms with van der Waals surface area (Å²) in [6, 6.07) is 2.35. The first-order chi connectivity index (χ1) is 14.5. The monoisotopic (exact) mass is 672 g/mol. The van der Waals surface area contributed by atoms with Crippen molar-refractivity contribution in [3.05, 3.63) is 33.4 Å². The van der Waals surface area contributed by atoms with Crippen molar-refractivity contribution in [2.24, 2.45) is 0 Å². The third-order valence-corrected chi connectivity index (χ3v) is 4.96. The van der Waals surface area contributed by atoms with Crippen LogP contribution in [0.15, 0.2) is 24.3 Å². The lowest BCUT2D eigenvalue weighted by Crippen LogP contribution is -2.69. The van der Waals surface area contributed by atoms with Crippen molar-refractivity contribution in [1.82, 2.24) is 0 Å². The molecule has 0 fully saturated rings. The highest BCUT2D eigenvalue weighted by Gasteiger charge is 2.90. The molecule has 0 aliphatic rings. The van der Waals surface area contributed by atoms with E-state index in [9.17, 15) is 70.2 Å². The van der Waals surface area contributed by atoms with Crippen molar-refractivity contribution in [2.75, 3.05) is 0 Å². The van der Waals surface area contributed by atoms with Crippen LogP contribution in [0.5, 0.6) is 0 Å². The van der Waals surface area contributed by atoms with Gasteiger partial charge in [0.1, 0.15) is 0 Å². The summed E-state index contributed by atoms with van der Waals surface area (Å²) in [7, 11) is -5.84. The van der Waals surface area contributed by atoms with Gasteiger partial charge in [0.05, 0.1) is 0 Å². The number of hydrogen-bond donors (Lipinski definition) is 1. The van der Waals surface area contributed by atoms with E-state index in [2.05, 4.69) is 0 Å². The fourth-order valence-electron chi connectivity index (χ4n) is 1.65. The fraction of sp³-hybridized carbons (Fsp3) is 0.538. The minimum absolute atomic E-state index is 0.103. The Bertz CT molecular complexity index is 967. The average Bonchev–Trinajstić information content (AvgIpc) is 2.59. The molecule has 3 nitrogen and oxygen atoms in total. The lowest BCUT2D eigenvalue weighted by atomic mass is 9.90. The summed E-state index contributed by atoms with van der Waals surface area (Å²) in [5, 5.41) is 0. The first-order valence-corrected chi connectivity index (χ1v) is 9.78. The first kappa shape index (κ1) is 32.7.